The lowest BCUT2D eigenvalue weighted by atomic mass is 9.94. The lowest BCUT2D eigenvalue weighted by molar-refractivity contribution is 0.672. The Balaban J connectivity index is 1.02. The number of fused-ring (bicyclic) bond motifs is 14. The van der Waals surface area contributed by atoms with Crippen LogP contribution in [0.2, 0.25) is 0 Å². The monoisotopic (exact) mass is 1230 g/mol. The second-order valence-corrected chi connectivity index (χ2v) is 24.1. The van der Waals surface area contributed by atoms with E-state index in [-0.39, 0.29) is 28.3 Å². The number of aromatic nitrogens is 5. The average molecular weight is 1230 g/mol. The van der Waals surface area contributed by atoms with Crippen LogP contribution in [0.3, 0.4) is 0 Å². The molecule has 8 nitrogen and oxygen atoms in total. The predicted molar refractivity (Wildman–Crippen MR) is 393 cm³/mol. The van der Waals surface area contributed by atoms with Crippen molar-refractivity contribution in [2.45, 2.75) is 0 Å². The summed E-state index contributed by atoms with van der Waals surface area (Å²) in [6.07, 6.45) is 0. The molecule has 19 rings (SSSR count). The van der Waals surface area contributed by atoms with Crippen LogP contribution in [0.1, 0.15) is 6.85 Å². The molecule has 0 amide bonds. The maximum atomic E-state index is 10.4. The van der Waals surface area contributed by atoms with Crippen molar-refractivity contribution < 1.29 is 15.7 Å². The van der Waals surface area contributed by atoms with Gasteiger partial charge in [0.1, 0.15) is 22.3 Å². The van der Waals surface area contributed by atoms with Gasteiger partial charge in [-0.1, -0.05) is 236 Å². The summed E-state index contributed by atoms with van der Waals surface area (Å²) >= 11 is 0. The highest BCUT2D eigenvalue weighted by molar-refractivity contribution is 6.27. The molecule has 96 heavy (non-hydrogen) atoms. The Morgan fingerprint density at radius 1 is 0.312 bits per heavy atom. The summed E-state index contributed by atoms with van der Waals surface area (Å²) in [5, 5.41) is 6.64. The van der Waals surface area contributed by atoms with E-state index >= 15 is 0 Å². The van der Waals surface area contributed by atoms with Crippen LogP contribution in [0.5, 0.6) is 0 Å². The third kappa shape index (κ3) is 8.72. The van der Waals surface area contributed by atoms with Gasteiger partial charge in [0.15, 0.2) is 17.5 Å². The topological polar surface area (TPSA) is 79.2 Å². The Hall–Kier alpha value is -13.2. The molecule has 0 unspecified atom stereocenters. The van der Waals surface area contributed by atoms with Gasteiger partial charge in [0.2, 0.25) is 5.69 Å². The molecule has 5 aromatic heterocycles. The standard InChI is InChI=1S/C88H52N6O2/c1-89-72-53-71(88-91-86(59-33-19-7-20-34-59)90-87(92-88)60-35-21-8-22-36-60)82(93-73-43-37-61(54-23-9-2-10-24-54)51-69(73)80-75(93)45-41-65-67-49-63(56-27-13-4-14-28-56)39-47-77(67)95-84(65)80)79(58-31-17-6-18-32-58)83(72)94-74-44-38-62(55-25-11-3-12-26-55)52-70(74)81-76(94)46-42-66-68-50-64(57-29-15-5-16-30-57)40-48-78(68)96-85(66)81/h2-53H/i6D,17D,18D,31D,32D. The van der Waals surface area contributed by atoms with Crippen molar-refractivity contribution in [3.63, 3.8) is 0 Å². The molecular formula is C88H52N6O2. The fourth-order valence-electron chi connectivity index (χ4n) is 14.3. The molecule has 0 spiro atoms. The maximum Gasteiger partial charge on any atom is 0.212 e. The third-order valence-electron chi connectivity index (χ3n) is 18.7. The molecule has 0 aliphatic heterocycles. The first-order chi connectivity index (χ1) is 49.6. The van der Waals surface area contributed by atoms with Gasteiger partial charge < -0.3 is 18.0 Å². The van der Waals surface area contributed by atoms with Crippen molar-refractivity contribution in [1.82, 2.24) is 24.1 Å². The van der Waals surface area contributed by atoms with Gasteiger partial charge in [0.05, 0.1) is 57.6 Å². The number of benzene rings is 14. The van der Waals surface area contributed by atoms with Gasteiger partial charge in [0.25, 0.3) is 0 Å². The van der Waals surface area contributed by atoms with E-state index < -0.39 is 30.2 Å². The molecule has 0 bridgehead atoms. The normalized spacial score (nSPS) is 12.5. The van der Waals surface area contributed by atoms with Gasteiger partial charge in [-0.05, 0) is 129 Å². The quantitative estimate of drug-likeness (QED) is 0.128. The Morgan fingerprint density at radius 3 is 1.09 bits per heavy atom. The Morgan fingerprint density at radius 2 is 0.677 bits per heavy atom. The van der Waals surface area contributed by atoms with E-state index in [1.165, 1.54) is 0 Å². The van der Waals surface area contributed by atoms with E-state index in [0.29, 0.717) is 78.4 Å². The first-order valence-corrected chi connectivity index (χ1v) is 31.8. The summed E-state index contributed by atoms with van der Waals surface area (Å²) in [7, 11) is 0. The molecule has 19 aromatic rings. The van der Waals surface area contributed by atoms with Gasteiger partial charge in [-0.2, -0.15) is 0 Å². The van der Waals surface area contributed by atoms with Crippen molar-refractivity contribution in [2.24, 2.45) is 0 Å². The van der Waals surface area contributed by atoms with E-state index in [0.717, 1.165) is 87.6 Å². The summed E-state index contributed by atoms with van der Waals surface area (Å²) in [4.78, 5) is 20.6. The van der Waals surface area contributed by atoms with Crippen LogP contribution in [-0.2, 0) is 0 Å². The summed E-state index contributed by atoms with van der Waals surface area (Å²) in [6, 6.07) is 92.7. The highest BCUT2D eigenvalue weighted by Gasteiger charge is 2.32. The Labute approximate surface area is 558 Å². The molecule has 0 radical (unpaired) electrons. The van der Waals surface area contributed by atoms with Crippen LogP contribution in [0.4, 0.5) is 5.69 Å². The smallest absolute Gasteiger partial charge is 0.212 e. The van der Waals surface area contributed by atoms with Crippen molar-refractivity contribution in [1.29, 1.82) is 0 Å². The first-order valence-electron chi connectivity index (χ1n) is 34.3. The number of rotatable bonds is 10. The highest BCUT2D eigenvalue weighted by atomic mass is 16.3. The van der Waals surface area contributed by atoms with Gasteiger partial charge >= 0.3 is 0 Å². The molecule has 0 fully saturated rings. The van der Waals surface area contributed by atoms with Crippen LogP contribution >= 0.6 is 0 Å². The van der Waals surface area contributed by atoms with Gasteiger partial charge in [0, 0.05) is 54.6 Å². The minimum atomic E-state index is -0.577. The summed E-state index contributed by atoms with van der Waals surface area (Å²) in [6.45, 7) is 9.69. The minimum Gasteiger partial charge on any atom is -0.455 e. The summed E-state index contributed by atoms with van der Waals surface area (Å²) in [5.74, 6) is 0.837. The predicted octanol–water partition coefficient (Wildman–Crippen LogP) is 23.8. The van der Waals surface area contributed by atoms with Crippen molar-refractivity contribution >= 4 is 93.2 Å². The minimum absolute atomic E-state index is 0.0673. The average Bonchev–Trinajstić information content (AvgIpc) is 1.58. The lowest BCUT2D eigenvalue weighted by Gasteiger charge is -2.24. The fraction of sp³-hybridized carbons (Fsp3) is 0. The lowest BCUT2D eigenvalue weighted by Crippen LogP contribution is -2.08. The van der Waals surface area contributed by atoms with Crippen LogP contribution in [0.25, 0.3) is 194 Å². The molecule has 5 heterocycles. The number of furan rings is 2. The van der Waals surface area contributed by atoms with Crippen molar-refractivity contribution in [3.05, 3.63) is 327 Å². The first kappa shape index (κ1) is 49.5. The fourth-order valence-corrected chi connectivity index (χ4v) is 14.3. The van der Waals surface area contributed by atoms with Crippen LogP contribution in [0, 0.1) is 6.57 Å². The zero-order chi connectivity index (χ0) is 67.7. The zero-order valence-electron chi connectivity index (χ0n) is 56.1. The summed E-state index contributed by atoms with van der Waals surface area (Å²) < 4.78 is 67.8. The molecule has 0 aliphatic rings. The Bertz CT molecular complexity index is 6600. The molecule has 0 N–H and O–H groups in total. The zero-order valence-corrected chi connectivity index (χ0v) is 51.1. The van der Waals surface area contributed by atoms with E-state index in [1.807, 2.05) is 162 Å². The molecule has 0 saturated carbocycles. The SMILES string of the molecule is [2H]c1c([2H])c([2H])c(-c2c(-n3c4ccc(-c5ccccc5)cc4c4c5oc6ccc(-c7ccccc7)cc6c5ccc43)c([N+]#[C-])cc(-c3nc(-c4ccccc4)nc(-c4ccccc4)n3)c2-n2c3ccc(-c4ccccc4)cc3c3c4oc5ccc(-c6ccccc6)cc5c4ccc32)c([2H])c1[2H]. The van der Waals surface area contributed by atoms with E-state index in [9.17, 15) is 13.4 Å². The van der Waals surface area contributed by atoms with E-state index in [4.69, 9.17) is 23.8 Å². The molecular weight excluding hydrogens is 1170 g/mol. The second kappa shape index (κ2) is 22.0. The van der Waals surface area contributed by atoms with E-state index in [1.54, 1.807) is 6.07 Å². The maximum absolute atomic E-state index is 10.4. The molecule has 8 heteroatoms. The van der Waals surface area contributed by atoms with Gasteiger partial charge in [-0.3, -0.25) is 0 Å². The van der Waals surface area contributed by atoms with Crippen molar-refractivity contribution in [2.75, 3.05) is 0 Å². The van der Waals surface area contributed by atoms with Crippen molar-refractivity contribution in [3.8, 4) is 101 Å². The van der Waals surface area contributed by atoms with Crippen LogP contribution in [-0.4, -0.2) is 24.1 Å². The summed E-state index contributed by atoms with van der Waals surface area (Å²) in [5.41, 5.74) is 15.5. The third-order valence-corrected chi connectivity index (χ3v) is 18.7. The van der Waals surface area contributed by atoms with Crippen LogP contribution in [0.15, 0.2) is 324 Å². The second-order valence-electron chi connectivity index (χ2n) is 24.1. The van der Waals surface area contributed by atoms with Crippen LogP contribution < -0.4 is 0 Å². The van der Waals surface area contributed by atoms with E-state index in [2.05, 4.69) is 131 Å². The molecule has 446 valence electrons. The van der Waals surface area contributed by atoms with Gasteiger partial charge in [-0.25, -0.2) is 19.8 Å². The number of hydrogen-bond acceptors (Lipinski definition) is 5. The Kier molecular flexibility index (Phi) is 11.3. The molecule has 14 aromatic carbocycles. The van der Waals surface area contributed by atoms with Gasteiger partial charge in [-0.15, -0.1) is 0 Å². The number of nitrogens with zero attached hydrogens (tertiary/aromatic N) is 6. The number of hydrogen-bond donors (Lipinski definition) is 0. The molecule has 0 atom stereocenters. The largest absolute Gasteiger partial charge is 0.455 e. The molecule has 0 saturated heterocycles. The highest BCUT2D eigenvalue weighted by Crippen LogP contribution is 2.53. The molecule has 0 aliphatic carbocycles.